The first-order valence-electron chi connectivity index (χ1n) is 15.9. The summed E-state index contributed by atoms with van der Waals surface area (Å²) in [7, 11) is 0. The van der Waals surface area contributed by atoms with Gasteiger partial charge in [0.15, 0.2) is 0 Å². The highest BCUT2D eigenvalue weighted by molar-refractivity contribution is 8.01. The van der Waals surface area contributed by atoms with Crippen LogP contribution in [0.25, 0.3) is 44.5 Å². The molecule has 0 aromatic heterocycles. The number of benzene rings is 6. The van der Waals surface area contributed by atoms with Gasteiger partial charge in [-0.25, -0.2) is 0 Å². The van der Waals surface area contributed by atoms with Crippen LogP contribution in [0.2, 0.25) is 0 Å². The zero-order valence-electron chi connectivity index (χ0n) is 25.9. The predicted octanol–water partition coefficient (Wildman–Crippen LogP) is 10.7. The van der Waals surface area contributed by atoms with Gasteiger partial charge in [-0.15, -0.1) is 23.5 Å². The third-order valence-electron chi connectivity index (χ3n) is 9.51. The quantitative estimate of drug-likeness (QED) is 0.173. The van der Waals surface area contributed by atoms with E-state index in [4.69, 9.17) is 11.5 Å². The standard InChI is InChI=1S/C43H34N2S2/c44-21-23-46-27-29-9-13-31(14-10-29)33-17-19-37-38-20-18-34(32-15-11-30(12-16-32)28-47-24-22-45)26-42(38)43(41(37)25-33)39-7-3-1-5-35(39)36-6-2-4-8-40(36)43/h1-26H,27-28,44-45H2/b23-21-,24-22-. The minimum absolute atomic E-state index is 0.403. The fourth-order valence-corrected chi connectivity index (χ4v) is 8.67. The molecule has 2 nitrogen and oxygen atoms in total. The van der Waals surface area contributed by atoms with E-state index in [1.165, 1.54) is 77.9 Å². The average molecular weight is 643 g/mol. The summed E-state index contributed by atoms with van der Waals surface area (Å²) >= 11 is 3.42. The van der Waals surface area contributed by atoms with Crippen LogP contribution in [0, 0.1) is 0 Å². The Morgan fingerprint density at radius 3 is 1.23 bits per heavy atom. The van der Waals surface area contributed by atoms with Crippen molar-refractivity contribution in [3.8, 4) is 44.5 Å². The maximum atomic E-state index is 5.53. The minimum atomic E-state index is -0.403. The molecule has 0 fully saturated rings. The summed E-state index contributed by atoms with van der Waals surface area (Å²) in [5.41, 5.74) is 28.8. The fraction of sp³-hybridized carbons (Fsp3) is 0.0698. The second-order valence-electron chi connectivity index (χ2n) is 12.0. The van der Waals surface area contributed by atoms with E-state index in [1.54, 1.807) is 35.9 Å². The van der Waals surface area contributed by atoms with E-state index in [2.05, 4.69) is 133 Å². The fourth-order valence-electron chi connectivity index (χ4n) is 7.48. The van der Waals surface area contributed by atoms with Crippen LogP contribution in [0.5, 0.6) is 0 Å². The Morgan fingerprint density at radius 1 is 0.426 bits per heavy atom. The molecule has 8 rings (SSSR count). The monoisotopic (exact) mass is 642 g/mol. The molecule has 0 aliphatic heterocycles. The van der Waals surface area contributed by atoms with E-state index in [0.29, 0.717) is 0 Å². The van der Waals surface area contributed by atoms with E-state index in [9.17, 15) is 0 Å². The second-order valence-corrected chi connectivity index (χ2v) is 13.8. The maximum absolute atomic E-state index is 5.53. The topological polar surface area (TPSA) is 52.0 Å². The zero-order valence-corrected chi connectivity index (χ0v) is 27.5. The van der Waals surface area contributed by atoms with Gasteiger partial charge in [-0.3, -0.25) is 0 Å². The van der Waals surface area contributed by atoms with E-state index < -0.39 is 5.41 Å². The number of nitrogens with two attached hydrogens (primary N) is 2. The van der Waals surface area contributed by atoms with Gasteiger partial charge in [-0.05, 0) is 101 Å². The highest BCUT2D eigenvalue weighted by Crippen LogP contribution is 2.63. The summed E-state index contributed by atoms with van der Waals surface area (Å²) in [6.45, 7) is 0. The van der Waals surface area contributed by atoms with Crippen molar-refractivity contribution in [3.05, 3.63) is 190 Å². The molecule has 2 aliphatic rings. The highest BCUT2D eigenvalue weighted by Gasteiger charge is 2.51. The van der Waals surface area contributed by atoms with Crippen LogP contribution in [-0.4, -0.2) is 0 Å². The molecule has 4 N–H and O–H groups in total. The second kappa shape index (κ2) is 12.4. The normalized spacial score (nSPS) is 13.6. The molecule has 0 bridgehead atoms. The molecule has 0 heterocycles. The molecule has 0 unspecified atom stereocenters. The van der Waals surface area contributed by atoms with Gasteiger partial charge in [0.05, 0.1) is 5.41 Å². The van der Waals surface area contributed by atoms with Crippen LogP contribution in [0.3, 0.4) is 0 Å². The Bertz CT molecular complexity index is 2000. The van der Waals surface area contributed by atoms with Crippen LogP contribution < -0.4 is 11.5 Å². The molecule has 0 saturated carbocycles. The van der Waals surface area contributed by atoms with Crippen molar-refractivity contribution in [2.75, 3.05) is 0 Å². The molecule has 6 aromatic rings. The number of hydrogen-bond donors (Lipinski definition) is 2. The molecule has 2 aliphatic carbocycles. The van der Waals surface area contributed by atoms with E-state index in [1.807, 2.05) is 10.8 Å². The average Bonchev–Trinajstić information content (AvgIpc) is 3.59. The first-order chi connectivity index (χ1) is 23.2. The Morgan fingerprint density at radius 2 is 0.809 bits per heavy atom. The summed E-state index contributed by atoms with van der Waals surface area (Å²) in [5.74, 6) is 1.81. The van der Waals surface area contributed by atoms with Gasteiger partial charge in [-0.2, -0.15) is 0 Å². The molecule has 4 heteroatoms. The Kier molecular flexibility index (Phi) is 7.76. The van der Waals surface area contributed by atoms with Crippen molar-refractivity contribution in [1.82, 2.24) is 0 Å². The first-order valence-corrected chi connectivity index (χ1v) is 18.0. The van der Waals surface area contributed by atoms with Gasteiger partial charge in [0.2, 0.25) is 0 Å². The number of fused-ring (bicyclic) bond motifs is 10. The van der Waals surface area contributed by atoms with Crippen LogP contribution in [0.4, 0.5) is 0 Å². The highest BCUT2D eigenvalue weighted by atomic mass is 32.2. The van der Waals surface area contributed by atoms with Crippen molar-refractivity contribution in [1.29, 1.82) is 0 Å². The van der Waals surface area contributed by atoms with Gasteiger partial charge < -0.3 is 11.5 Å². The van der Waals surface area contributed by atoms with Gasteiger partial charge >= 0.3 is 0 Å². The molecule has 0 amide bonds. The Labute approximate surface area is 285 Å². The SMILES string of the molecule is N/C=C\SCc1ccc(-c2ccc3c(c2)C2(c4ccccc4-c4ccccc42)c2cc(-c4ccc(CS/C=C\N)cc4)ccc2-3)cc1. The summed E-state index contributed by atoms with van der Waals surface area (Å²) in [6.07, 6.45) is 3.19. The summed E-state index contributed by atoms with van der Waals surface area (Å²) in [4.78, 5) is 0. The van der Waals surface area contributed by atoms with E-state index in [0.717, 1.165) is 11.5 Å². The molecule has 47 heavy (non-hydrogen) atoms. The van der Waals surface area contributed by atoms with Gasteiger partial charge in [0, 0.05) is 23.9 Å². The molecule has 0 atom stereocenters. The maximum Gasteiger partial charge on any atom is 0.0725 e. The van der Waals surface area contributed by atoms with Crippen LogP contribution in [0.1, 0.15) is 33.4 Å². The lowest BCUT2D eigenvalue weighted by Gasteiger charge is -2.31. The number of thioether (sulfide) groups is 2. The number of rotatable bonds is 8. The van der Waals surface area contributed by atoms with Crippen molar-refractivity contribution < 1.29 is 0 Å². The largest absolute Gasteiger partial charge is 0.404 e. The van der Waals surface area contributed by atoms with Crippen molar-refractivity contribution in [3.63, 3.8) is 0 Å². The molecule has 1 spiro atoms. The van der Waals surface area contributed by atoms with Crippen molar-refractivity contribution in [2.45, 2.75) is 16.9 Å². The summed E-state index contributed by atoms with van der Waals surface area (Å²) in [6, 6.07) is 50.1. The molecule has 0 saturated heterocycles. The van der Waals surface area contributed by atoms with E-state index >= 15 is 0 Å². The zero-order chi connectivity index (χ0) is 31.8. The number of hydrogen-bond acceptors (Lipinski definition) is 4. The Balaban J connectivity index is 1.29. The van der Waals surface area contributed by atoms with Crippen molar-refractivity contribution in [2.24, 2.45) is 11.5 Å². The molecular weight excluding hydrogens is 609 g/mol. The van der Waals surface area contributed by atoms with Gasteiger partial charge in [-0.1, -0.05) is 121 Å². The predicted molar refractivity (Wildman–Crippen MR) is 203 cm³/mol. The van der Waals surface area contributed by atoms with Crippen LogP contribution in [-0.2, 0) is 16.9 Å². The lowest BCUT2D eigenvalue weighted by molar-refractivity contribution is 0.794. The third-order valence-corrected chi connectivity index (χ3v) is 11.2. The molecule has 228 valence electrons. The lowest BCUT2D eigenvalue weighted by atomic mass is 9.70. The van der Waals surface area contributed by atoms with Crippen LogP contribution >= 0.6 is 23.5 Å². The first kappa shape index (κ1) is 29.5. The van der Waals surface area contributed by atoms with Crippen molar-refractivity contribution >= 4 is 23.5 Å². The molecule has 0 radical (unpaired) electrons. The van der Waals surface area contributed by atoms with Gasteiger partial charge in [0.25, 0.3) is 0 Å². The summed E-state index contributed by atoms with van der Waals surface area (Å²) in [5, 5.41) is 3.87. The molecule has 6 aromatic carbocycles. The lowest BCUT2D eigenvalue weighted by Crippen LogP contribution is -2.26. The Hall–Kier alpha value is -4.90. The van der Waals surface area contributed by atoms with Gasteiger partial charge in [0.1, 0.15) is 0 Å². The third kappa shape index (κ3) is 4.91. The minimum Gasteiger partial charge on any atom is -0.404 e. The smallest absolute Gasteiger partial charge is 0.0725 e. The molecular formula is C43H34N2S2. The van der Waals surface area contributed by atoms with E-state index in [-0.39, 0.29) is 0 Å². The van der Waals surface area contributed by atoms with Crippen LogP contribution in [0.15, 0.2) is 157 Å². The summed E-state index contributed by atoms with van der Waals surface area (Å²) < 4.78 is 0.